The Bertz CT molecular complexity index is 1110. The zero-order valence-electron chi connectivity index (χ0n) is 17.3. The summed E-state index contributed by atoms with van der Waals surface area (Å²) < 4.78 is 10.8. The summed E-state index contributed by atoms with van der Waals surface area (Å²) in [6.07, 6.45) is 0. The van der Waals surface area contributed by atoms with Crippen LogP contribution in [0.3, 0.4) is 0 Å². The lowest BCUT2D eigenvalue weighted by Crippen LogP contribution is -2.44. The van der Waals surface area contributed by atoms with Gasteiger partial charge < -0.3 is 19.5 Å². The maximum absolute atomic E-state index is 13.6. The van der Waals surface area contributed by atoms with Crippen LogP contribution in [0.15, 0.2) is 72.8 Å². The molecule has 0 saturated heterocycles. The molecule has 4 rings (SSSR count). The highest BCUT2D eigenvalue weighted by atomic mass is 16.5. The monoisotopic (exact) mass is 417 g/mol. The van der Waals surface area contributed by atoms with Gasteiger partial charge in [-0.15, -0.1) is 0 Å². The molecule has 2 atom stereocenters. The lowest BCUT2D eigenvalue weighted by atomic mass is 9.79. The van der Waals surface area contributed by atoms with Gasteiger partial charge in [0.05, 0.1) is 20.3 Å². The highest BCUT2D eigenvalue weighted by molar-refractivity contribution is 6.00. The Morgan fingerprint density at radius 2 is 1.55 bits per heavy atom. The van der Waals surface area contributed by atoms with E-state index in [-0.39, 0.29) is 12.5 Å². The number of fused-ring (bicyclic) bond motifs is 1. The number of rotatable bonds is 6. The second-order valence-corrected chi connectivity index (χ2v) is 7.37. The minimum atomic E-state index is -0.990. The van der Waals surface area contributed by atoms with Crippen molar-refractivity contribution in [2.45, 2.75) is 18.5 Å². The average Bonchev–Trinajstić information content (AvgIpc) is 2.80. The first-order chi connectivity index (χ1) is 15.0. The van der Waals surface area contributed by atoms with E-state index in [4.69, 9.17) is 9.47 Å². The number of hydrogen-bond donors (Lipinski definition) is 1. The van der Waals surface area contributed by atoms with Crippen LogP contribution in [0.25, 0.3) is 0 Å². The van der Waals surface area contributed by atoms with Gasteiger partial charge in [0.15, 0.2) is 0 Å². The molecule has 0 aromatic heterocycles. The number of nitrogens with zero attached hydrogens (tertiary/aromatic N) is 1. The van der Waals surface area contributed by atoms with Crippen molar-refractivity contribution in [2.24, 2.45) is 0 Å². The van der Waals surface area contributed by atoms with Crippen LogP contribution in [0, 0.1) is 0 Å². The van der Waals surface area contributed by atoms with Crippen molar-refractivity contribution >= 4 is 11.9 Å². The molecule has 1 heterocycles. The summed E-state index contributed by atoms with van der Waals surface area (Å²) in [5.41, 5.74) is 2.46. The number of benzene rings is 3. The van der Waals surface area contributed by atoms with Gasteiger partial charge in [-0.3, -0.25) is 9.59 Å². The highest BCUT2D eigenvalue weighted by Gasteiger charge is 2.45. The van der Waals surface area contributed by atoms with Crippen molar-refractivity contribution in [3.63, 3.8) is 0 Å². The molecule has 0 radical (unpaired) electrons. The molecule has 31 heavy (non-hydrogen) atoms. The van der Waals surface area contributed by atoms with Crippen LogP contribution in [0.4, 0.5) is 0 Å². The van der Waals surface area contributed by atoms with Gasteiger partial charge in [-0.05, 0) is 35.4 Å². The molecule has 1 N–H and O–H groups in total. The van der Waals surface area contributed by atoms with E-state index in [1.165, 1.54) is 0 Å². The van der Waals surface area contributed by atoms with Gasteiger partial charge in [0.1, 0.15) is 17.4 Å². The standard InChI is InChI=1S/C25H23NO5/c1-30-17-13-11-16(12-14-17)15-26-23(20-9-5-6-10-21(20)31-2)22(25(28)29)18-7-3-4-8-19(18)24(26)27/h3-14,22-23H,15H2,1-2H3,(H,28,29). The largest absolute Gasteiger partial charge is 0.497 e. The number of amides is 1. The smallest absolute Gasteiger partial charge is 0.313 e. The topological polar surface area (TPSA) is 76.1 Å². The predicted molar refractivity (Wildman–Crippen MR) is 115 cm³/mol. The third kappa shape index (κ3) is 3.72. The first-order valence-electron chi connectivity index (χ1n) is 9.93. The van der Waals surface area contributed by atoms with E-state index < -0.39 is 17.9 Å². The van der Waals surface area contributed by atoms with Crippen LogP contribution in [0.2, 0.25) is 0 Å². The van der Waals surface area contributed by atoms with E-state index >= 15 is 0 Å². The van der Waals surface area contributed by atoms with E-state index in [1.807, 2.05) is 42.5 Å². The quantitative estimate of drug-likeness (QED) is 0.648. The summed E-state index contributed by atoms with van der Waals surface area (Å²) in [6, 6.07) is 20.9. The SMILES string of the molecule is COc1ccc(CN2C(=O)c3ccccc3C(C(=O)O)C2c2ccccc2OC)cc1. The Hall–Kier alpha value is -3.80. The number of carbonyl (C=O) groups excluding carboxylic acids is 1. The van der Waals surface area contributed by atoms with E-state index in [9.17, 15) is 14.7 Å². The number of aliphatic carboxylic acids is 1. The zero-order valence-corrected chi connectivity index (χ0v) is 17.3. The van der Waals surface area contributed by atoms with Crippen LogP contribution in [-0.2, 0) is 11.3 Å². The average molecular weight is 417 g/mol. The summed E-state index contributed by atoms with van der Waals surface area (Å²) in [4.78, 5) is 27.7. The Kier molecular flexibility index (Phi) is 5.62. The molecule has 158 valence electrons. The molecule has 0 spiro atoms. The molecule has 6 heteroatoms. The van der Waals surface area contributed by atoms with E-state index in [0.29, 0.717) is 28.2 Å². The summed E-state index contributed by atoms with van der Waals surface area (Å²) in [7, 11) is 3.14. The molecule has 3 aromatic carbocycles. The van der Waals surface area contributed by atoms with Gasteiger partial charge in [-0.25, -0.2) is 0 Å². The normalized spacial score (nSPS) is 17.7. The van der Waals surface area contributed by atoms with Gasteiger partial charge in [0.25, 0.3) is 5.91 Å². The van der Waals surface area contributed by atoms with Crippen LogP contribution in [-0.4, -0.2) is 36.1 Å². The fourth-order valence-corrected chi connectivity index (χ4v) is 4.22. The van der Waals surface area contributed by atoms with Crippen molar-refractivity contribution in [3.8, 4) is 11.5 Å². The van der Waals surface area contributed by atoms with Crippen LogP contribution < -0.4 is 9.47 Å². The summed E-state index contributed by atoms with van der Waals surface area (Å²) in [5, 5.41) is 10.2. The molecule has 1 aliphatic heterocycles. The van der Waals surface area contributed by atoms with Gasteiger partial charge in [-0.1, -0.05) is 48.5 Å². The van der Waals surface area contributed by atoms with E-state index in [1.54, 1.807) is 49.5 Å². The number of methoxy groups -OCH3 is 2. The molecule has 6 nitrogen and oxygen atoms in total. The third-order valence-corrected chi connectivity index (χ3v) is 5.67. The molecular formula is C25H23NO5. The maximum Gasteiger partial charge on any atom is 0.313 e. The lowest BCUT2D eigenvalue weighted by Gasteiger charge is -2.41. The summed E-state index contributed by atoms with van der Waals surface area (Å²) in [5.74, 6) is -0.867. The minimum Gasteiger partial charge on any atom is -0.497 e. The van der Waals surface area contributed by atoms with Crippen molar-refractivity contribution in [2.75, 3.05) is 14.2 Å². The van der Waals surface area contributed by atoms with Crippen molar-refractivity contribution < 1.29 is 24.2 Å². The van der Waals surface area contributed by atoms with E-state index in [0.717, 1.165) is 5.56 Å². The van der Waals surface area contributed by atoms with Crippen molar-refractivity contribution in [1.82, 2.24) is 4.90 Å². The highest BCUT2D eigenvalue weighted by Crippen LogP contribution is 2.46. The molecular weight excluding hydrogens is 394 g/mol. The molecule has 0 aliphatic carbocycles. The number of carboxylic acids is 1. The van der Waals surface area contributed by atoms with Crippen molar-refractivity contribution in [1.29, 1.82) is 0 Å². The molecule has 3 aromatic rings. The third-order valence-electron chi connectivity index (χ3n) is 5.67. The Morgan fingerprint density at radius 3 is 2.19 bits per heavy atom. The van der Waals surface area contributed by atoms with Crippen LogP contribution in [0.1, 0.15) is 39.0 Å². The Balaban J connectivity index is 1.88. The Morgan fingerprint density at radius 1 is 0.903 bits per heavy atom. The summed E-state index contributed by atoms with van der Waals surface area (Å²) in [6.45, 7) is 0.254. The van der Waals surface area contributed by atoms with Crippen LogP contribution >= 0.6 is 0 Å². The second-order valence-electron chi connectivity index (χ2n) is 7.37. The fraction of sp³-hybridized carbons (Fsp3) is 0.200. The molecule has 1 aliphatic rings. The molecule has 2 unspecified atom stereocenters. The van der Waals surface area contributed by atoms with E-state index in [2.05, 4.69) is 0 Å². The van der Waals surface area contributed by atoms with Gasteiger partial charge >= 0.3 is 5.97 Å². The number of carbonyl (C=O) groups is 2. The van der Waals surface area contributed by atoms with Gasteiger partial charge in [0, 0.05) is 17.7 Å². The van der Waals surface area contributed by atoms with Gasteiger partial charge in [-0.2, -0.15) is 0 Å². The second kappa shape index (κ2) is 8.52. The fourth-order valence-electron chi connectivity index (χ4n) is 4.22. The lowest BCUT2D eigenvalue weighted by molar-refractivity contribution is -0.140. The number of para-hydroxylation sites is 1. The number of carboxylic acid groups (broad SMARTS) is 1. The maximum atomic E-state index is 13.6. The number of hydrogen-bond acceptors (Lipinski definition) is 4. The zero-order chi connectivity index (χ0) is 22.0. The van der Waals surface area contributed by atoms with Crippen LogP contribution in [0.5, 0.6) is 11.5 Å². The first-order valence-corrected chi connectivity index (χ1v) is 9.93. The minimum absolute atomic E-state index is 0.208. The molecule has 0 bridgehead atoms. The van der Waals surface area contributed by atoms with Gasteiger partial charge in [0.2, 0.25) is 0 Å². The first kappa shape index (κ1) is 20.5. The molecule has 0 saturated carbocycles. The predicted octanol–water partition coefficient (Wildman–Crippen LogP) is 4.27. The van der Waals surface area contributed by atoms with Crippen molar-refractivity contribution in [3.05, 3.63) is 95.1 Å². The number of ether oxygens (including phenoxy) is 2. The molecule has 0 fully saturated rings. The Labute approximate surface area is 180 Å². The molecule has 1 amide bonds. The summed E-state index contributed by atoms with van der Waals surface area (Å²) >= 11 is 0.